The Balaban J connectivity index is 1.55. The molecule has 3 rings (SSSR count). The first-order chi connectivity index (χ1) is 12.7. The highest BCUT2D eigenvalue weighted by Crippen LogP contribution is 2.29. The number of hydrogen-bond donors (Lipinski definition) is 1. The van der Waals surface area contributed by atoms with Crippen LogP contribution in [0.4, 0.5) is 5.69 Å². The summed E-state index contributed by atoms with van der Waals surface area (Å²) in [6, 6.07) is 17.3. The lowest BCUT2D eigenvalue weighted by atomic mass is 10.2. The van der Waals surface area contributed by atoms with Crippen molar-refractivity contribution in [2.24, 2.45) is 0 Å². The minimum Gasteiger partial charge on any atom is -0.497 e. The van der Waals surface area contributed by atoms with Crippen molar-refractivity contribution in [2.45, 2.75) is 11.4 Å². The fourth-order valence-electron chi connectivity index (χ4n) is 2.49. The highest BCUT2D eigenvalue weighted by molar-refractivity contribution is 7.99. The van der Waals surface area contributed by atoms with Gasteiger partial charge in [0, 0.05) is 23.6 Å². The second-order valence-electron chi connectivity index (χ2n) is 5.56. The second-order valence-corrected chi connectivity index (χ2v) is 6.67. The highest BCUT2D eigenvalue weighted by atomic mass is 32.2. The number of pyridine rings is 1. The van der Waals surface area contributed by atoms with Crippen molar-refractivity contribution >= 4 is 34.3 Å². The Morgan fingerprint density at radius 3 is 2.73 bits per heavy atom. The summed E-state index contributed by atoms with van der Waals surface area (Å²) in [4.78, 5) is 16.8. The molecule has 1 N–H and O–H groups in total. The summed E-state index contributed by atoms with van der Waals surface area (Å²) < 4.78 is 10.5. The average Bonchev–Trinajstić information content (AvgIpc) is 2.68. The summed E-state index contributed by atoms with van der Waals surface area (Å²) in [6.07, 6.45) is 0.383. The minimum atomic E-state index is -0.0678. The van der Waals surface area contributed by atoms with E-state index >= 15 is 0 Å². The van der Waals surface area contributed by atoms with E-state index in [-0.39, 0.29) is 5.91 Å². The summed E-state index contributed by atoms with van der Waals surface area (Å²) in [5.41, 5.74) is 1.59. The molecular formula is C20H20N2O3S. The van der Waals surface area contributed by atoms with Crippen molar-refractivity contribution in [1.29, 1.82) is 0 Å². The molecule has 0 bridgehead atoms. The molecule has 0 aliphatic heterocycles. The Hall–Kier alpha value is -2.73. The van der Waals surface area contributed by atoms with E-state index in [0.29, 0.717) is 29.4 Å². The smallest absolute Gasteiger partial charge is 0.225 e. The summed E-state index contributed by atoms with van der Waals surface area (Å²) in [5.74, 6) is 1.83. The highest BCUT2D eigenvalue weighted by Gasteiger charge is 2.09. The maximum Gasteiger partial charge on any atom is 0.225 e. The number of carbonyl (C=O) groups is 1. The molecule has 0 fully saturated rings. The number of aromatic nitrogens is 1. The number of anilines is 1. The molecule has 0 saturated carbocycles. The molecule has 0 spiro atoms. The molecule has 2 aromatic carbocycles. The van der Waals surface area contributed by atoms with Crippen molar-refractivity contribution in [2.75, 3.05) is 25.3 Å². The van der Waals surface area contributed by atoms with Crippen molar-refractivity contribution in [3.8, 4) is 11.5 Å². The van der Waals surface area contributed by atoms with Crippen LogP contribution < -0.4 is 14.8 Å². The van der Waals surface area contributed by atoms with E-state index in [0.717, 1.165) is 15.9 Å². The molecule has 1 aromatic heterocycles. The van der Waals surface area contributed by atoms with Crippen LogP contribution in [0, 0.1) is 0 Å². The van der Waals surface area contributed by atoms with E-state index in [4.69, 9.17) is 9.47 Å². The lowest BCUT2D eigenvalue weighted by molar-refractivity contribution is -0.115. The molecule has 0 radical (unpaired) electrons. The number of rotatable bonds is 7. The Morgan fingerprint density at radius 1 is 1.08 bits per heavy atom. The van der Waals surface area contributed by atoms with Crippen LogP contribution in [0.2, 0.25) is 0 Å². The fourth-order valence-corrected chi connectivity index (χ4v) is 3.31. The van der Waals surface area contributed by atoms with Crippen molar-refractivity contribution in [3.63, 3.8) is 0 Å². The van der Waals surface area contributed by atoms with Gasteiger partial charge in [0.2, 0.25) is 5.91 Å². The number of ether oxygens (including phenoxy) is 2. The van der Waals surface area contributed by atoms with Crippen molar-refractivity contribution in [1.82, 2.24) is 4.98 Å². The van der Waals surface area contributed by atoms with Crippen LogP contribution in [0.5, 0.6) is 11.5 Å². The first-order valence-corrected chi connectivity index (χ1v) is 9.18. The molecule has 0 atom stereocenters. The first-order valence-electron chi connectivity index (χ1n) is 8.20. The van der Waals surface area contributed by atoms with Crippen LogP contribution in [-0.2, 0) is 4.79 Å². The number of fused-ring (bicyclic) bond motifs is 1. The minimum absolute atomic E-state index is 0.0678. The first kappa shape index (κ1) is 18.1. The van der Waals surface area contributed by atoms with Gasteiger partial charge in [0.1, 0.15) is 11.5 Å². The van der Waals surface area contributed by atoms with E-state index in [2.05, 4.69) is 10.3 Å². The summed E-state index contributed by atoms with van der Waals surface area (Å²) in [6.45, 7) is 0. The lowest BCUT2D eigenvalue weighted by Crippen LogP contribution is -2.13. The summed E-state index contributed by atoms with van der Waals surface area (Å²) in [7, 11) is 3.15. The van der Waals surface area contributed by atoms with Crippen LogP contribution in [0.25, 0.3) is 10.9 Å². The van der Waals surface area contributed by atoms with Gasteiger partial charge in [0.15, 0.2) is 0 Å². The van der Waals surface area contributed by atoms with Crippen LogP contribution in [-0.4, -0.2) is 30.9 Å². The molecule has 1 heterocycles. The second kappa shape index (κ2) is 8.58. The molecule has 0 aliphatic rings. The van der Waals surface area contributed by atoms with Gasteiger partial charge >= 0.3 is 0 Å². The van der Waals surface area contributed by atoms with Crippen LogP contribution in [0.15, 0.2) is 59.6 Å². The van der Waals surface area contributed by atoms with Gasteiger partial charge in [-0.05, 0) is 24.3 Å². The predicted octanol–water partition coefficient (Wildman–Crippen LogP) is 4.37. The number of carbonyl (C=O) groups excluding carboxylic acids is 1. The molecular weight excluding hydrogens is 348 g/mol. The van der Waals surface area contributed by atoms with Crippen LogP contribution in [0.3, 0.4) is 0 Å². The topological polar surface area (TPSA) is 60.5 Å². The molecule has 3 aromatic rings. The Kier molecular flexibility index (Phi) is 5.96. The van der Waals surface area contributed by atoms with Gasteiger partial charge in [-0.15, -0.1) is 11.8 Å². The third-order valence-electron chi connectivity index (χ3n) is 3.83. The average molecular weight is 368 g/mol. The van der Waals surface area contributed by atoms with E-state index in [1.54, 1.807) is 44.2 Å². The summed E-state index contributed by atoms with van der Waals surface area (Å²) >= 11 is 1.57. The van der Waals surface area contributed by atoms with Gasteiger partial charge in [0.05, 0.1) is 30.4 Å². The standard InChI is InChI=1S/C20H20N2O3S/c1-24-15-8-9-17(18(13-15)25-2)21-19(23)11-12-26-20-10-7-14-5-3-4-6-16(14)22-20/h3-10,13H,11-12H2,1-2H3,(H,21,23). The normalized spacial score (nSPS) is 10.5. The maximum atomic E-state index is 12.2. The maximum absolute atomic E-state index is 12.2. The number of hydrogen-bond acceptors (Lipinski definition) is 5. The SMILES string of the molecule is COc1ccc(NC(=O)CCSc2ccc3ccccc3n2)c(OC)c1. The third-order valence-corrected chi connectivity index (χ3v) is 4.77. The van der Waals surface area contributed by atoms with Gasteiger partial charge in [-0.3, -0.25) is 4.79 Å². The Labute approximate surface area is 156 Å². The molecule has 26 heavy (non-hydrogen) atoms. The van der Waals surface area contributed by atoms with Gasteiger partial charge in [0.25, 0.3) is 0 Å². The van der Waals surface area contributed by atoms with Crippen LogP contribution >= 0.6 is 11.8 Å². The number of amides is 1. The van der Waals surface area contributed by atoms with E-state index in [1.165, 1.54) is 0 Å². The molecule has 0 unspecified atom stereocenters. The predicted molar refractivity (Wildman–Crippen MR) is 105 cm³/mol. The van der Waals surface area contributed by atoms with Crippen LogP contribution in [0.1, 0.15) is 6.42 Å². The molecule has 134 valence electrons. The number of para-hydroxylation sites is 1. The fraction of sp³-hybridized carbons (Fsp3) is 0.200. The van der Waals surface area contributed by atoms with Crippen molar-refractivity contribution < 1.29 is 14.3 Å². The molecule has 0 saturated heterocycles. The number of nitrogens with zero attached hydrogens (tertiary/aromatic N) is 1. The zero-order valence-corrected chi connectivity index (χ0v) is 15.5. The van der Waals surface area contributed by atoms with Gasteiger partial charge in [-0.2, -0.15) is 0 Å². The van der Waals surface area contributed by atoms with Gasteiger partial charge in [-0.1, -0.05) is 24.3 Å². The van der Waals surface area contributed by atoms with Crippen molar-refractivity contribution in [3.05, 3.63) is 54.6 Å². The monoisotopic (exact) mass is 368 g/mol. The number of thioether (sulfide) groups is 1. The zero-order chi connectivity index (χ0) is 18.4. The van der Waals surface area contributed by atoms with E-state index in [9.17, 15) is 4.79 Å². The molecule has 5 nitrogen and oxygen atoms in total. The van der Waals surface area contributed by atoms with Gasteiger partial charge < -0.3 is 14.8 Å². The number of methoxy groups -OCH3 is 2. The van der Waals surface area contributed by atoms with Gasteiger partial charge in [-0.25, -0.2) is 4.98 Å². The largest absolute Gasteiger partial charge is 0.497 e. The Morgan fingerprint density at radius 2 is 1.92 bits per heavy atom. The number of benzene rings is 2. The Bertz CT molecular complexity index is 914. The van der Waals surface area contributed by atoms with E-state index < -0.39 is 0 Å². The summed E-state index contributed by atoms with van der Waals surface area (Å²) in [5, 5.41) is 4.90. The molecule has 0 aliphatic carbocycles. The quantitative estimate of drug-likeness (QED) is 0.628. The third kappa shape index (κ3) is 4.46. The molecule has 1 amide bonds. The zero-order valence-electron chi connectivity index (χ0n) is 14.7. The molecule has 6 heteroatoms. The lowest BCUT2D eigenvalue weighted by Gasteiger charge is -2.11. The van der Waals surface area contributed by atoms with E-state index in [1.807, 2.05) is 36.4 Å². The number of nitrogens with one attached hydrogen (secondary N) is 1.